The maximum absolute atomic E-state index is 13.3. The number of anilines is 1. The number of aliphatic imine (C=N–C) groups is 1. The largest absolute Gasteiger partial charge is 0.497 e. The number of amides is 2. The molecule has 2 amide bonds. The molecule has 3 aromatic carbocycles. The van der Waals surface area contributed by atoms with Gasteiger partial charge in [0.1, 0.15) is 11.0 Å². The number of alkyl halides is 3. The zero-order valence-electron chi connectivity index (χ0n) is 19.2. The summed E-state index contributed by atoms with van der Waals surface area (Å²) in [6.45, 7) is 0.243. The van der Waals surface area contributed by atoms with Crippen molar-refractivity contribution in [2.45, 2.75) is 24.4 Å². The van der Waals surface area contributed by atoms with Gasteiger partial charge >= 0.3 is 6.18 Å². The normalized spacial score (nSPS) is 16.9. The van der Waals surface area contributed by atoms with Crippen LogP contribution in [0.15, 0.2) is 83.9 Å². The Bertz CT molecular complexity index is 1260. The first-order valence-electron chi connectivity index (χ1n) is 10.9. The summed E-state index contributed by atoms with van der Waals surface area (Å²) in [5.74, 6) is -0.182. The molecule has 1 aliphatic heterocycles. The Morgan fingerprint density at radius 3 is 2.44 bits per heavy atom. The average Bonchev–Trinajstić information content (AvgIpc) is 3.13. The molecule has 0 radical (unpaired) electrons. The second-order valence-electron chi connectivity index (χ2n) is 7.94. The number of nitrogens with one attached hydrogen (secondary N) is 1. The Kier molecular flexibility index (Phi) is 7.64. The minimum atomic E-state index is -4.53. The molecule has 1 heterocycles. The third-order valence-corrected chi connectivity index (χ3v) is 6.52. The number of halogens is 3. The molecule has 1 fully saturated rings. The number of hydrogen-bond acceptors (Lipinski definition) is 5. The summed E-state index contributed by atoms with van der Waals surface area (Å²) in [7, 11) is 1.56. The molecule has 6 nitrogen and oxygen atoms in total. The van der Waals surface area contributed by atoms with Crippen LogP contribution in [-0.2, 0) is 22.3 Å². The summed E-state index contributed by atoms with van der Waals surface area (Å²) in [5, 5.41) is 2.14. The third kappa shape index (κ3) is 6.25. The fourth-order valence-electron chi connectivity index (χ4n) is 3.55. The Morgan fingerprint density at radius 1 is 1.06 bits per heavy atom. The predicted octanol–water partition coefficient (Wildman–Crippen LogP) is 5.87. The fourth-order valence-corrected chi connectivity index (χ4v) is 4.71. The molecule has 4 rings (SSSR count). The van der Waals surface area contributed by atoms with E-state index in [-0.39, 0.29) is 24.6 Å². The minimum Gasteiger partial charge on any atom is -0.497 e. The highest BCUT2D eigenvalue weighted by Gasteiger charge is 2.39. The van der Waals surface area contributed by atoms with Crippen molar-refractivity contribution in [3.8, 4) is 5.75 Å². The summed E-state index contributed by atoms with van der Waals surface area (Å²) in [6.07, 6.45) is -4.74. The van der Waals surface area contributed by atoms with Gasteiger partial charge in [-0.3, -0.25) is 14.5 Å². The molecule has 0 unspecified atom stereocenters. The van der Waals surface area contributed by atoms with Crippen LogP contribution in [0.1, 0.15) is 17.5 Å². The highest BCUT2D eigenvalue weighted by atomic mass is 32.2. The fraction of sp³-hybridized carbons (Fsp3) is 0.192. The van der Waals surface area contributed by atoms with Gasteiger partial charge in [0.25, 0.3) is 0 Å². The van der Waals surface area contributed by atoms with Crippen molar-refractivity contribution >= 4 is 40.1 Å². The van der Waals surface area contributed by atoms with E-state index in [4.69, 9.17) is 4.74 Å². The SMILES string of the molecule is COc1ccc(CN2C(=O)[C@H](CC(=O)Nc3cccc(C(F)(F)F)c3)SC2=Nc2ccccc2)cc1. The standard InChI is InChI=1S/C26H22F3N3O3S/c1-35-21-12-10-17(11-13-21)16-32-24(34)22(36-25(32)31-19-7-3-2-4-8-19)15-23(33)30-20-9-5-6-18(14-20)26(27,28)29/h2-14,22H,15-16H2,1H3,(H,30,33)/t22-/m0/s1. The zero-order valence-corrected chi connectivity index (χ0v) is 20.0. The quantitative estimate of drug-likeness (QED) is 0.429. The van der Waals surface area contributed by atoms with E-state index in [0.29, 0.717) is 16.6 Å². The average molecular weight is 514 g/mol. The monoisotopic (exact) mass is 513 g/mol. The second kappa shape index (κ2) is 10.9. The van der Waals surface area contributed by atoms with Crippen molar-refractivity contribution in [3.63, 3.8) is 0 Å². The van der Waals surface area contributed by atoms with Crippen LogP contribution in [0.5, 0.6) is 5.75 Å². The van der Waals surface area contributed by atoms with Crippen LogP contribution < -0.4 is 10.1 Å². The molecule has 10 heteroatoms. The lowest BCUT2D eigenvalue weighted by Crippen LogP contribution is -2.33. The van der Waals surface area contributed by atoms with E-state index in [1.165, 1.54) is 17.0 Å². The van der Waals surface area contributed by atoms with Crippen molar-refractivity contribution in [1.29, 1.82) is 0 Å². The van der Waals surface area contributed by atoms with Gasteiger partial charge in [0, 0.05) is 12.1 Å². The summed E-state index contributed by atoms with van der Waals surface area (Å²) < 4.78 is 44.1. The van der Waals surface area contributed by atoms with Crippen LogP contribution in [0.25, 0.3) is 0 Å². The van der Waals surface area contributed by atoms with E-state index >= 15 is 0 Å². The van der Waals surface area contributed by atoms with Gasteiger partial charge in [0.05, 0.1) is 24.9 Å². The number of para-hydroxylation sites is 1. The number of methoxy groups -OCH3 is 1. The van der Waals surface area contributed by atoms with Gasteiger partial charge < -0.3 is 10.1 Å². The van der Waals surface area contributed by atoms with Crippen LogP contribution >= 0.6 is 11.8 Å². The van der Waals surface area contributed by atoms with Gasteiger partial charge in [0.15, 0.2) is 5.17 Å². The van der Waals surface area contributed by atoms with Crippen LogP contribution in [0.2, 0.25) is 0 Å². The molecule has 0 bridgehead atoms. The molecule has 1 saturated heterocycles. The van der Waals surface area contributed by atoms with Crippen molar-refractivity contribution in [1.82, 2.24) is 4.90 Å². The van der Waals surface area contributed by atoms with E-state index in [0.717, 1.165) is 29.5 Å². The van der Waals surface area contributed by atoms with E-state index in [2.05, 4.69) is 10.3 Å². The number of nitrogens with zero attached hydrogens (tertiary/aromatic N) is 2. The van der Waals surface area contributed by atoms with E-state index < -0.39 is 22.9 Å². The molecule has 36 heavy (non-hydrogen) atoms. The lowest BCUT2D eigenvalue weighted by molar-refractivity contribution is -0.137. The molecule has 0 aliphatic carbocycles. The maximum Gasteiger partial charge on any atom is 0.416 e. The van der Waals surface area contributed by atoms with Crippen LogP contribution in [0.4, 0.5) is 24.5 Å². The Balaban J connectivity index is 1.51. The number of benzene rings is 3. The third-order valence-electron chi connectivity index (χ3n) is 5.35. The number of rotatable bonds is 7. The van der Waals surface area contributed by atoms with Crippen molar-refractivity contribution < 1.29 is 27.5 Å². The molecule has 1 aliphatic rings. The highest BCUT2D eigenvalue weighted by molar-refractivity contribution is 8.15. The molecule has 3 aromatic rings. The summed E-state index contributed by atoms with van der Waals surface area (Å²) in [6, 6.07) is 20.7. The van der Waals surface area contributed by atoms with Crippen LogP contribution in [0.3, 0.4) is 0 Å². The van der Waals surface area contributed by atoms with Crippen molar-refractivity contribution in [2.24, 2.45) is 4.99 Å². The van der Waals surface area contributed by atoms with Crippen LogP contribution in [0, 0.1) is 0 Å². The Hall–Kier alpha value is -3.79. The van der Waals surface area contributed by atoms with Crippen molar-refractivity contribution in [2.75, 3.05) is 12.4 Å². The second-order valence-corrected chi connectivity index (χ2v) is 9.11. The van der Waals surface area contributed by atoms with E-state index in [9.17, 15) is 22.8 Å². The molecule has 1 atom stereocenters. The van der Waals surface area contributed by atoms with E-state index in [1.807, 2.05) is 30.3 Å². The predicted molar refractivity (Wildman–Crippen MR) is 133 cm³/mol. The summed E-state index contributed by atoms with van der Waals surface area (Å²) in [4.78, 5) is 32.0. The first-order chi connectivity index (χ1) is 17.2. The van der Waals surface area contributed by atoms with Gasteiger partial charge in [-0.25, -0.2) is 4.99 Å². The van der Waals surface area contributed by atoms with Crippen LogP contribution in [-0.4, -0.2) is 34.2 Å². The number of carbonyl (C=O) groups is 2. The van der Waals surface area contributed by atoms with Gasteiger partial charge in [-0.1, -0.05) is 48.2 Å². The minimum absolute atomic E-state index is 0.0125. The Labute approximate surface area is 210 Å². The highest BCUT2D eigenvalue weighted by Crippen LogP contribution is 2.34. The number of carbonyl (C=O) groups excluding carboxylic acids is 2. The number of ether oxygens (including phenoxy) is 1. The Morgan fingerprint density at radius 2 is 1.78 bits per heavy atom. The van der Waals surface area contributed by atoms with Crippen molar-refractivity contribution in [3.05, 3.63) is 90.0 Å². The first-order valence-corrected chi connectivity index (χ1v) is 11.8. The first kappa shape index (κ1) is 25.3. The van der Waals surface area contributed by atoms with Gasteiger partial charge in [0.2, 0.25) is 11.8 Å². The smallest absolute Gasteiger partial charge is 0.416 e. The number of thioether (sulfide) groups is 1. The van der Waals surface area contributed by atoms with Gasteiger partial charge in [-0.2, -0.15) is 13.2 Å². The van der Waals surface area contributed by atoms with Gasteiger partial charge in [-0.05, 0) is 48.0 Å². The molecule has 186 valence electrons. The number of hydrogen-bond donors (Lipinski definition) is 1. The lowest BCUT2D eigenvalue weighted by Gasteiger charge is -2.17. The molecular formula is C26H22F3N3O3S. The lowest BCUT2D eigenvalue weighted by atomic mass is 10.1. The maximum atomic E-state index is 13.3. The molecule has 0 spiro atoms. The molecule has 0 saturated carbocycles. The molecular weight excluding hydrogens is 491 g/mol. The van der Waals surface area contributed by atoms with Gasteiger partial charge in [-0.15, -0.1) is 0 Å². The molecule has 0 aromatic heterocycles. The van der Waals surface area contributed by atoms with E-state index in [1.54, 1.807) is 31.4 Å². The topological polar surface area (TPSA) is 71.0 Å². The summed E-state index contributed by atoms with van der Waals surface area (Å²) in [5.41, 5.74) is 0.647. The number of amidine groups is 1. The molecule has 1 N–H and O–H groups in total. The zero-order chi connectivity index (χ0) is 25.7. The summed E-state index contributed by atoms with van der Waals surface area (Å²) >= 11 is 1.16.